The van der Waals surface area contributed by atoms with Crippen molar-refractivity contribution in [2.24, 2.45) is 0 Å². The highest BCUT2D eigenvalue weighted by Gasteiger charge is 2.33. The second kappa shape index (κ2) is 2.87. The smallest absolute Gasteiger partial charge is 0.170 e. The maximum absolute atomic E-state index is 11.2. The van der Waals surface area contributed by atoms with Gasteiger partial charge in [0.25, 0.3) is 0 Å². The number of carbonyl (C=O) groups is 1. The third-order valence-electron chi connectivity index (χ3n) is 2.52. The molecule has 0 N–H and O–H groups in total. The topological polar surface area (TPSA) is 26.3 Å². The molecule has 0 radical (unpaired) electrons. The summed E-state index contributed by atoms with van der Waals surface area (Å²) in [5.74, 6) is 1.15. The lowest BCUT2D eigenvalue weighted by molar-refractivity contribution is -0.123. The molecule has 0 fully saturated rings. The monoisotopic (exact) mass is 176 g/mol. The molecule has 2 atom stereocenters. The number of ketones is 1. The largest absolute Gasteiger partial charge is 0.482 e. The van der Waals surface area contributed by atoms with E-state index in [1.54, 1.807) is 6.92 Å². The predicted molar refractivity (Wildman–Crippen MR) is 50.0 cm³/mol. The first-order valence-electron chi connectivity index (χ1n) is 4.46. The Morgan fingerprint density at radius 2 is 2.08 bits per heavy atom. The normalized spacial score (nSPS) is 25.1. The second-order valence-corrected chi connectivity index (χ2v) is 3.48. The molecule has 0 saturated carbocycles. The Hall–Kier alpha value is -1.31. The molecule has 0 spiro atoms. The quantitative estimate of drug-likeness (QED) is 0.655. The first-order chi connectivity index (χ1) is 6.20. The number of benzene rings is 1. The van der Waals surface area contributed by atoms with Gasteiger partial charge >= 0.3 is 0 Å². The van der Waals surface area contributed by atoms with Gasteiger partial charge in [0.05, 0.1) is 0 Å². The van der Waals surface area contributed by atoms with Crippen molar-refractivity contribution in [1.82, 2.24) is 0 Å². The Morgan fingerprint density at radius 3 is 2.69 bits per heavy atom. The van der Waals surface area contributed by atoms with Crippen LogP contribution >= 0.6 is 0 Å². The summed E-state index contributed by atoms with van der Waals surface area (Å²) < 4.78 is 5.53. The summed E-state index contributed by atoms with van der Waals surface area (Å²) in [5.41, 5.74) is 1.14. The number of hydrogen-bond acceptors (Lipinski definition) is 2. The van der Waals surface area contributed by atoms with Gasteiger partial charge in [-0.3, -0.25) is 4.79 Å². The molecule has 1 heterocycles. The minimum absolute atomic E-state index is 0.101. The van der Waals surface area contributed by atoms with Crippen LogP contribution in [0, 0.1) is 0 Å². The van der Waals surface area contributed by atoms with E-state index in [4.69, 9.17) is 4.74 Å². The van der Waals surface area contributed by atoms with Crippen LogP contribution in [0.2, 0.25) is 0 Å². The molecule has 2 nitrogen and oxygen atoms in total. The van der Waals surface area contributed by atoms with Crippen molar-refractivity contribution in [3.8, 4) is 5.75 Å². The van der Waals surface area contributed by atoms with Crippen LogP contribution in [0.1, 0.15) is 25.3 Å². The van der Waals surface area contributed by atoms with Gasteiger partial charge in [-0.15, -0.1) is 0 Å². The van der Waals surface area contributed by atoms with E-state index in [9.17, 15) is 4.79 Å². The summed E-state index contributed by atoms with van der Waals surface area (Å²) in [4.78, 5) is 11.2. The SMILES string of the molecule is CC(=O)C1Oc2ccccc2C1C. The molecular weight excluding hydrogens is 164 g/mol. The minimum atomic E-state index is -0.280. The maximum atomic E-state index is 11.2. The predicted octanol–water partition coefficient (Wildman–Crippen LogP) is 2.14. The van der Waals surface area contributed by atoms with Gasteiger partial charge in [0, 0.05) is 11.5 Å². The minimum Gasteiger partial charge on any atom is -0.482 e. The summed E-state index contributed by atoms with van der Waals surface area (Å²) in [6, 6.07) is 7.83. The van der Waals surface area contributed by atoms with Gasteiger partial charge in [0.2, 0.25) is 0 Å². The first-order valence-corrected chi connectivity index (χ1v) is 4.46. The molecule has 0 amide bonds. The van der Waals surface area contributed by atoms with Crippen LogP contribution in [0.25, 0.3) is 0 Å². The van der Waals surface area contributed by atoms with Crippen molar-refractivity contribution in [2.45, 2.75) is 25.9 Å². The van der Waals surface area contributed by atoms with Crippen molar-refractivity contribution in [1.29, 1.82) is 0 Å². The number of ether oxygens (including phenoxy) is 1. The summed E-state index contributed by atoms with van der Waals surface area (Å²) in [7, 11) is 0. The first kappa shape index (κ1) is 8.30. The molecule has 1 aliphatic heterocycles. The van der Waals surface area contributed by atoms with E-state index in [1.807, 2.05) is 31.2 Å². The molecule has 0 aromatic heterocycles. The molecule has 2 heteroatoms. The molecule has 13 heavy (non-hydrogen) atoms. The summed E-state index contributed by atoms with van der Waals surface area (Å²) >= 11 is 0. The number of carbonyl (C=O) groups excluding carboxylic acids is 1. The van der Waals surface area contributed by atoms with Crippen LogP contribution in [-0.2, 0) is 4.79 Å². The highest BCUT2D eigenvalue weighted by Crippen LogP contribution is 2.37. The number of hydrogen-bond donors (Lipinski definition) is 0. The lowest BCUT2D eigenvalue weighted by Crippen LogP contribution is -2.25. The highest BCUT2D eigenvalue weighted by atomic mass is 16.5. The Labute approximate surface area is 77.5 Å². The molecule has 0 aliphatic carbocycles. The van der Waals surface area contributed by atoms with Crippen LogP contribution in [0.4, 0.5) is 0 Å². The van der Waals surface area contributed by atoms with Gasteiger partial charge in [0.1, 0.15) is 5.75 Å². The zero-order valence-corrected chi connectivity index (χ0v) is 7.78. The molecule has 1 aliphatic rings. The van der Waals surface area contributed by atoms with E-state index < -0.39 is 0 Å². The standard InChI is InChI=1S/C11H12O2/c1-7-9-5-3-4-6-10(9)13-11(7)8(2)12/h3-7,11H,1-2H3. The van der Waals surface area contributed by atoms with Crippen LogP contribution in [0.3, 0.4) is 0 Å². The van der Waals surface area contributed by atoms with Crippen molar-refractivity contribution in [2.75, 3.05) is 0 Å². The average molecular weight is 176 g/mol. The van der Waals surface area contributed by atoms with E-state index in [2.05, 4.69) is 0 Å². The fourth-order valence-corrected chi connectivity index (χ4v) is 1.80. The van der Waals surface area contributed by atoms with Crippen molar-refractivity contribution in [3.63, 3.8) is 0 Å². The second-order valence-electron chi connectivity index (χ2n) is 3.48. The van der Waals surface area contributed by atoms with Crippen molar-refractivity contribution in [3.05, 3.63) is 29.8 Å². The molecular formula is C11H12O2. The summed E-state index contributed by atoms with van der Waals surface area (Å²) in [5, 5.41) is 0. The van der Waals surface area contributed by atoms with E-state index >= 15 is 0 Å². The number of para-hydroxylation sites is 1. The number of fused-ring (bicyclic) bond motifs is 1. The fourth-order valence-electron chi connectivity index (χ4n) is 1.80. The van der Waals surface area contributed by atoms with Crippen LogP contribution in [0.15, 0.2) is 24.3 Å². The molecule has 0 saturated heterocycles. The van der Waals surface area contributed by atoms with Crippen molar-refractivity contribution >= 4 is 5.78 Å². The van der Waals surface area contributed by atoms with Gasteiger partial charge in [-0.2, -0.15) is 0 Å². The molecule has 1 aromatic rings. The van der Waals surface area contributed by atoms with Crippen LogP contribution in [0.5, 0.6) is 5.75 Å². The van der Waals surface area contributed by atoms with E-state index in [-0.39, 0.29) is 17.8 Å². The Bertz CT molecular complexity index is 344. The molecule has 0 bridgehead atoms. The van der Waals surface area contributed by atoms with Crippen molar-refractivity contribution < 1.29 is 9.53 Å². The molecule has 2 rings (SSSR count). The highest BCUT2D eigenvalue weighted by molar-refractivity contribution is 5.83. The number of Topliss-reactive ketones (excluding diaryl/α,β-unsaturated/α-hetero) is 1. The summed E-state index contributed by atoms with van der Waals surface area (Å²) in [6.45, 7) is 3.60. The van der Waals surface area contributed by atoms with Gasteiger partial charge < -0.3 is 4.74 Å². The number of rotatable bonds is 1. The van der Waals surface area contributed by atoms with Crippen LogP contribution in [-0.4, -0.2) is 11.9 Å². The molecule has 68 valence electrons. The van der Waals surface area contributed by atoms with Gasteiger partial charge in [-0.1, -0.05) is 25.1 Å². The maximum Gasteiger partial charge on any atom is 0.170 e. The van der Waals surface area contributed by atoms with E-state index in [0.717, 1.165) is 11.3 Å². The lowest BCUT2D eigenvalue weighted by Gasteiger charge is -2.10. The third-order valence-corrected chi connectivity index (χ3v) is 2.52. The third kappa shape index (κ3) is 1.22. The molecule has 1 aromatic carbocycles. The van der Waals surface area contributed by atoms with E-state index in [0.29, 0.717) is 0 Å². The average Bonchev–Trinajstić information content (AvgIpc) is 2.45. The van der Waals surface area contributed by atoms with E-state index in [1.165, 1.54) is 0 Å². The van der Waals surface area contributed by atoms with Gasteiger partial charge in [0.15, 0.2) is 11.9 Å². The Kier molecular flexibility index (Phi) is 1.83. The van der Waals surface area contributed by atoms with Gasteiger partial charge in [-0.25, -0.2) is 0 Å². The molecule has 2 unspecified atom stereocenters. The zero-order chi connectivity index (χ0) is 9.42. The fraction of sp³-hybridized carbons (Fsp3) is 0.364. The Balaban J connectivity index is 2.38. The summed E-state index contributed by atoms with van der Waals surface area (Å²) in [6.07, 6.45) is -0.280. The zero-order valence-electron chi connectivity index (χ0n) is 7.78. The lowest BCUT2D eigenvalue weighted by atomic mass is 9.96. The van der Waals surface area contributed by atoms with Crippen LogP contribution < -0.4 is 4.74 Å². The van der Waals surface area contributed by atoms with Gasteiger partial charge in [-0.05, 0) is 13.0 Å². The Morgan fingerprint density at radius 1 is 1.38 bits per heavy atom.